The molecule has 0 atom stereocenters. The summed E-state index contributed by atoms with van der Waals surface area (Å²) in [5.41, 5.74) is 0. The Balaban J connectivity index is 7.58. The number of hydrogen-bond donors (Lipinski definition) is 6. The highest BCUT2D eigenvalue weighted by atomic mass is 28.5. The Hall–Kier alpha value is 1.02. The van der Waals surface area contributed by atoms with Gasteiger partial charge in [-0.1, -0.05) is 59.7 Å². The molecule has 0 radical (unpaired) electrons. The second kappa shape index (κ2) is 22.7. The molecule has 0 saturated carbocycles. The zero-order valence-electron chi connectivity index (χ0n) is 26.7. The maximum Gasteiger partial charge on any atom is 0.274 e. The molecule has 0 bridgehead atoms. The molecule has 0 heterocycles. The van der Waals surface area contributed by atoms with Gasteiger partial charge in [-0.3, -0.25) is 3.90 Å². The lowest BCUT2D eigenvalue weighted by atomic mass is 10.5. The Bertz CT molecular complexity index is 440. The highest BCUT2D eigenvalue weighted by Gasteiger charge is 2.61. The SMILES string of the molecule is CCCN[Si](CC[SiH3])(NCCC)N([Si](CC[SiH3])(NCCC)NCCC)[Si](CC[SiH3])(NCCC)NCCC. The lowest BCUT2D eigenvalue weighted by molar-refractivity contribution is 0.577. The lowest BCUT2D eigenvalue weighted by Gasteiger charge is -2.60. The maximum absolute atomic E-state index is 4.36. The van der Waals surface area contributed by atoms with Crippen LogP contribution >= 0.6 is 0 Å². The molecule has 0 rings (SSSR count). The summed E-state index contributed by atoms with van der Waals surface area (Å²) >= 11 is 0. The highest BCUT2D eigenvalue weighted by Crippen LogP contribution is 2.29. The van der Waals surface area contributed by atoms with Crippen molar-refractivity contribution in [3.8, 4) is 0 Å². The highest BCUT2D eigenvalue weighted by molar-refractivity contribution is 7.02. The summed E-state index contributed by atoms with van der Waals surface area (Å²) in [5, 5.41) is 0. The van der Waals surface area contributed by atoms with Crippen molar-refractivity contribution in [2.75, 3.05) is 39.3 Å². The maximum atomic E-state index is 4.36. The zero-order valence-corrected chi connectivity index (χ0v) is 35.7. The summed E-state index contributed by atoms with van der Waals surface area (Å²) in [6.45, 7) is 20.7. The van der Waals surface area contributed by atoms with Crippen molar-refractivity contribution in [2.45, 2.75) is 116 Å². The van der Waals surface area contributed by atoms with Crippen molar-refractivity contribution in [3.05, 3.63) is 0 Å². The van der Waals surface area contributed by atoms with Gasteiger partial charge >= 0.3 is 0 Å². The van der Waals surface area contributed by atoms with E-state index in [9.17, 15) is 0 Å². The molecule has 0 aromatic heterocycles. The van der Waals surface area contributed by atoms with E-state index in [1.54, 1.807) is 0 Å². The van der Waals surface area contributed by atoms with Crippen LogP contribution in [0.15, 0.2) is 0 Å². The lowest BCUT2D eigenvalue weighted by Crippen LogP contribution is -2.96. The molecule has 7 nitrogen and oxygen atoms in total. The summed E-state index contributed by atoms with van der Waals surface area (Å²) in [6, 6.07) is 8.01. The molecule has 0 aromatic carbocycles. The number of nitrogens with zero attached hydrogens (tertiary/aromatic N) is 1. The third-order valence-electron chi connectivity index (χ3n) is 6.99. The summed E-state index contributed by atoms with van der Waals surface area (Å²) < 4.78 is 3.28. The minimum Gasteiger partial charge on any atom is -0.314 e. The van der Waals surface area contributed by atoms with E-state index in [1.807, 2.05) is 0 Å². The number of nitrogens with one attached hydrogen (secondary N) is 6. The van der Waals surface area contributed by atoms with Crippen LogP contribution in [-0.2, 0) is 0 Å². The van der Waals surface area contributed by atoms with E-state index in [0.717, 1.165) is 39.3 Å². The van der Waals surface area contributed by atoms with E-state index in [2.05, 4.69) is 75.3 Å². The zero-order chi connectivity index (χ0) is 28.0. The van der Waals surface area contributed by atoms with Gasteiger partial charge < -0.3 is 29.9 Å². The molecule has 0 aliphatic carbocycles. The monoisotopic (exact) mass is 623 g/mol. The van der Waals surface area contributed by atoms with Crippen LogP contribution in [0.3, 0.4) is 0 Å². The van der Waals surface area contributed by atoms with Gasteiger partial charge in [-0.2, -0.15) is 0 Å². The van der Waals surface area contributed by atoms with E-state index >= 15 is 0 Å². The van der Waals surface area contributed by atoms with Crippen LogP contribution < -0.4 is 29.9 Å². The minimum atomic E-state index is -2.24. The van der Waals surface area contributed by atoms with Gasteiger partial charge in [0.2, 0.25) is 0 Å². The molecule has 0 saturated heterocycles. The summed E-state index contributed by atoms with van der Waals surface area (Å²) in [5.74, 6) is 0. The standard InChI is InChI=1S/C24H69N7Si6/c1-7-13-25-35(22-19-32,26-14-8-2)31(36(23-20-33,27-15-9-3)28-16-10-4)37(24-21-34,29-17-11-5)30-18-12-6/h25-30H,7-24H2,1-6,32-34H3. The average Bonchev–Trinajstić information content (AvgIpc) is 2.90. The third kappa shape index (κ3) is 12.2. The van der Waals surface area contributed by atoms with Crippen LogP contribution in [0.5, 0.6) is 0 Å². The van der Waals surface area contributed by atoms with Gasteiger partial charge in [0.25, 0.3) is 25.7 Å². The molecule has 0 spiro atoms. The molecule has 0 aromatic rings. The largest absolute Gasteiger partial charge is 0.314 e. The summed E-state index contributed by atoms with van der Waals surface area (Å²) in [7, 11) is -2.92. The molecule has 0 unspecified atom stereocenters. The van der Waals surface area contributed by atoms with Crippen molar-refractivity contribution in [1.82, 2.24) is 33.8 Å². The molecule has 224 valence electrons. The number of hydrogen-bond acceptors (Lipinski definition) is 7. The Labute approximate surface area is 245 Å². The molecular formula is C24H69N7Si6. The van der Waals surface area contributed by atoms with Crippen molar-refractivity contribution in [3.63, 3.8) is 0 Å². The fraction of sp³-hybridized carbons (Fsp3) is 1.00. The third-order valence-corrected chi connectivity index (χ3v) is 29.3. The van der Waals surface area contributed by atoms with Crippen molar-refractivity contribution in [1.29, 1.82) is 0 Å². The molecule has 0 aliphatic heterocycles. The van der Waals surface area contributed by atoms with Gasteiger partial charge in [-0.05, 0) is 95.9 Å². The van der Waals surface area contributed by atoms with Crippen LogP contribution in [-0.4, -0.2) is 99.6 Å². The minimum absolute atomic E-state index is 1.11. The second-order valence-corrected chi connectivity index (χ2v) is 25.2. The molecule has 13 heteroatoms. The van der Waals surface area contributed by atoms with Crippen LogP contribution in [0.4, 0.5) is 0 Å². The molecule has 0 amide bonds. The first kappa shape index (κ1) is 38.0. The van der Waals surface area contributed by atoms with Gasteiger partial charge in [0.15, 0.2) is 0 Å². The van der Waals surface area contributed by atoms with Gasteiger partial charge in [-0.25, -0.2) is 0 Å². The summed E-state index contributed by atoms with van der Waals surface area (Å²) in [6.07, 6.45) is 7.15. The first-order valence-electron chi connectivity index (χ1n) is 16.2. The van der Waals surface area contributed by atoms with Crippen molar-refractivity contribution < 1.29 is 0 Å². The van der Waals surface area contributed by atoms with Crippen LogP contribution in [0, 0.1) is 0 Å². The second-order valence-electron chi connectivity index (χ2n) is 10.7. The van der Waals surface area contributed by atoms with Gasteiger partial charge in [0.05, 0.1) is 0 Å². The number of rotatable bonds is 27. The molecule has 37 heavy (non-hydrogen) atoms. The first-order chi connectivity index (χ1) is 17.9. The van der Waals surface area contributed by atoms with E-state index in [0.29, 0.717) is 0 Å². The molecule has 0 aliphatic rings. The van der Waals surface area contributed by atoms with Crippen LogP contribution in [0.25, 0.3) is 0 Å². The van der Waals surface area contributed by atoms with Crippen molar-refractivity contribution >= 4 is 56.4 Å². The Morgan fingerprint density at radius 2 is 0.595 bits per heavy atom. The Kier molecular flexibility index (Phi) is 23.3. The van der Waals surface area contributed by atoms with E-state index in [1.165, 1.54) is 106 Å². The van der Waals surface area contributed by atoms with Crippen LogP contribution in [0.1, 0.15) is 80.1 Å². The van der Waals surface area contributed by atoms with Gasteiger partial charge in [0, 0.05) is 30.7 Å². The van der Waals surface area contributed by atoms with E-state index in [-0.39, 0.29) is 0 Å². The Morgan fingerprint density at radius 3 is 0.730 bits per heavy atom. The fourth-order valence-corrected chi connectivity index (χ4v) is 34.0. The average molecular weight is 624 g/mol. The smallest absolute Gasteiger partial charge is 0.274 e. The molecule has 6 N–H and O–H groups in total. The van der Waals surface area contributed by atoms with E-state index < -0.39 is 25.7 Å². The summed E-state index contributed by atoms with van der Waals surface area (Å²) in [4.78, 5) is 26.2. The van der Waals surface area contributed by atoms with Gasteiger partial charge in [0.1, 0.15) is 0 Å². The van der Waals surface area contributed by atoms with Crippen LogP contribution in [0.2, 0.25) is 36.3 Å². The first-order valence-corrected chi connectivity index (χ1v) is 26.9. The topological polar surface area (TPSA) is 75.4 Å². The van der Waals surface area contributed by atoms with E-state index in [4.69, 9.17) is 0 Å². The predicted octanol–water partition coefficient (Wildman–Crippen LogP) is 0.454. The molecular weight excluding hydrogens is 555 g/mol. The normalized spacial score (nSPS) is 13.4. The fourth-order valence-electron chi connectivity index (χ4n) is 5.58. The molecule has 0 fully saturated rings. The predicted molar refractivity (Wildman–Crippen MR) is 188 cm³/mol. The Morgan fingerprint density at radius 1 is 0.405 bits per heavy atom. The quantitative estimate of drug-likeness (QED) is 0.0743. The van der Waals surface area contributed by atoms with Crippen molar-refractivity contribution in [2.24, 2.45) is 0 Å². The van der Waals surface area contributed by atoms with Gasteiger partial charge in [-0.15, -0.1) is 0 Å².